The van der Waals surface area contributed by atoms with Gasteiger partial charge in [0.25, 0.3) is 0 Å². The van der Waals surface area contributed by atoms with Crippen LogP contribution in [-0.2, 0) is 11.3 Å². The van der Waals surface area contributed by atoms with Crippen LogP contribution in [0.5, 0.6) is 0 Å². The first kappa shape index (κ1) is 21.4. The molecule has 2 aromatic rings. The molecule has 146 valence electrons. The van der Waals surface area contributed by atoms with Gasteiger partial charge in [0.05, 0.1) is 6.04 Å². The van der Waals surface area contributed by atoms with Crippen LogP contribution in [0, 0.1) is 5.82 Å². The fraction of sp³-hybridized carbons (Fsp3) is 0.381. The number of carbonyl (C=O) groups excluding carboxylic acids is 1. The van der Waals surface area contributed by atoms with E-state index in [1.54, 1.807) is 12.1 Å². The third-order valence-electron chi connectivity index (χ3n) is 4.94. The smallest absolute Gasteiger partial charge is 0.237 e. The van der Waals surface area contributed by atoms with Crippen LogP contribution < -0.4 is 11.1 Å². The minimum absolute atomic E-state index is 0. The van der Waals surface area contributed by atoms with Gasteiger partial charge in [-0.2, -0.15) is 0 Å². The maximum Gasteiger partial charge on any atom is 0.237 e. The predicted molar refractivity (Wildman–Crippen MR) is 108 cm³/mol. The average Bonchev–Trinajstić information content (AvgIpc) is 2.68. The third kappa shape index (κ3) is 6.03. The number of nitrogens with zero attached hydrogens (tertiary/aromatic N) is 1. The summed E-state index contributed by atoms with van der Waals surface area (Å²) < 4.78 is 13.1. The van der Waals surface area contributed by atoms with Crippen molar-refractivity contribution in [2.45, 2.75) is 37.9 Å². The van der Waals surface area contributed by atoms with Gasteiger partial charge in [0.2, 0.25) is 5.91 Å². The Bertz CT molecular complexity index is 711. The number of rotatable bonds is 6. The molecule has 3 rings (SSSR count). The van der Waals surface area contributed by atoms with Gasteiger partial charge in [-0.05, 0) is 42.6 Å². The number of piperidine rings is 1. The Labute approximate surface area is 166 Å². The van der Waals surface area contributed by atoms with E-state index in [4.69, 9.17) is 5.73 Å². The molecule has 1 saturated heterocycles. The molecule has 2 atom stereocenters. The lowest BCUT2D eigenvalue weighted by molar-refractivity contribution is -0.128. The number of likely N-dealkylation sites (tertiary alicyclic amines) is 1. The lowest BCUT2D eigenvalue weighted by Gasteiger charge is -2.35. The van der Waals surface area contributed by atoms with Crippen molar-refractivity contribution in [3.05, 3.63) is 71.5 Å². The van der Waals surface area contributed by atoms with E-state index in [0.717, 1.165) is 36.9 Å². The van der Waals surface area contributed by atoms with Gasteiger partial charge in [-0.15, -0.1) is 12.4 Å². The Hall–Kier alpha value is -1.95. The lowest BCUT2D eigenvalue weighted by atomic mass is 10.00. The molecule has 3 N–H and O–H groups in total. The van der Waals surface area contributed by atoms with E-state index >= 15 is 0 Å². The van der Waals surface area contributed by atoms with E-state index in [9.17, 15) is 9.18 Å². The highest BCUT2D eigenvalue weighted by Gasteiger charge is 2.28. The molecule has 1 fully saturated rings. The van der Waals surface area contributed by atoms with Crippen molar-refractivity contribution in [1.82, 2.24) is 10.2 Å². The lowest BCUT2D eigenvalue weighted by Crippen LogP contribution is -2.50. The van der Waals surface area contributed by atoms with Crippen LogP contribution in [0.4, 0.5) is 4.39 Å². The Morgan fingerprint density at radius 3 is 2.56 bits per heavy atom. The highest BCUT2D eigenvalue weighted by molar-refractivity contribution is 5.85. The van der Waals surface area contributed by atoms with E-state index in [1.165, 1.54) is 12.1 Å². The second-order valence-electron chi connectivity index (χ2n) is 6.87. The van der Waals surface area contributed by atoms with Crippen LogP contribution in [0.3, 0.4) is 0 Å². The molecule has 1 aliphatic rings. The number of hydrogen-bond acceptors (Lipinski definition) is 3. The number of nitrogens with two attached hydrogens (primary N) is 1. The molecule has 1 aliphatic heterocycles. The van der Waals surface area contributed by atoms with Gasteiger partial charge >= 0.3 is 0 Å². The van der Waals surface area contributed by atoms with Crippen molar-refractivity contribution < 1.29 is 9.18 Å². The molecule has 1 heterocycles. The molecule has 1 amide bonds. The zero-order valence-electron chi connectivity index (χ0n) is 15.3. The molecule has 0 aromatic heterocycles. The van der Waals surface area contributed by atoms with Gasteiger partial charge in [0.15, 0.2) is 0 Å². The van der Waals surface area contributed by atoms with Crippen LogP contribution in [0.1, 0.15) is 36.4 Å². The summed E-state index contributed by atoms with van der Waals surface area (Å²) in [5.41, 5.74) is 8.22. The molecule has 0 aliphatic carbocycles. The maximum atomic E-state index is 13.1. The number of carbonyl (C=O) groups is 1. The fourth-order valence-electron chi connectivity index (χ4n) is 3.45. The van der Waals surface area contributed by atoms with Gasteiger partial charge in [-0.1, -0.05) is 48.9 Å². The molecular formula is C21H27ClFN3O. The van der Waals surface area contributed by atoms with Crippen molar-refractivity contribution in [3.63, 3.8) is 0 Å². The first-order chi connectivity index (χ1) is 12.6. The van der Waals surface area contributed by atoms with Gasteiger partial charge in [0, 0.05) is 19.1 Å². The van der Waals surface area contributed by atoms with E-state index in [1.807, 2.05) is 30.3 Å². The number of hydrogen-bond donors (Lipinski definition) is 2. The van der Waals surface area contributed by atoms with Crippen LogP contribution in [0.15, 0.2) is 54.6 Å². The average molecular weight is 392 g/mol. The maximum absolute atomic E-state index is 13.1. The zero-order valence-corrected chi connectivity index (χ0v) is 16.1. The third-order valence-corrected chi connectivity index (χ3v) is 4.94. The second kappa shape index (κ2) is 10.4. The monoisotopic (exact) mass is 391 g/mol. The number of halogens is 2. The molecule has 2 aromatic carbocycles. The van der Waals surface area contributed by atoms with Crippen molar-refractivity contribution in [3.8, 4) is 0 Å². The zero-order chi connectivity index (χ0) is 18.4. The van der Waals surface area contributed by atoms with Crippen molar-refractivity contribution in [1.29, 1.82) is 0 Å². The van der Waals surface area contributed by atoms with E-state index in [0.29, 0.717) is 13.1 Å². The number of nitrogens with one attached hydrogen (secondary N) is 1. The van der Waals surface area contributed by atoms with Crippen LogP contribution in [-0.4, -0.2) is 29.9 Å². The Morgan fingerprint density at radius 1 is 1.15 bits per heavy atom. The summed E-state index contributed by atoms with van der Waals surface area (Å²) in [6, 6.07) is 15.9. The summed E-state index contributed by atoms with van der Waals surface area (Å²) in [5.74, 6) is -0.213. The molecule has 0 spiro atoms. The molecule has 2 unspecified atom stereocenters. The Morgan fingerprint density at radius 2 is 1.85 bits per heavy atom. The van der Waals surface area contributed by atoms with Gasteiger partial charge in [-0.25, -0.2) is 4.39 Å². The SMILES string of the molecule is Cl.NC(CNC(=O)C1CCCCN1Cc1ccc(F)cc1)c1ccccc1. The van der Waals surface area contributed by atoms with Crippen LogP contribution >= 0.6 is 12.4 Å². The number of benzene rings is 2. The summed E-state index contributed by atoms with van der Waals surface area (Å²) in [6.45, 7) is 1.95. The fourth-order valence-corrected chi connectivity index (χ4v) is 3.45. The van der Waals surface area contributed by atoms with Crippen molar-refractivity contribution in [2.75, 3.05) is 13.1 Å². The van der Waals surface area contributed by atoms with Crippen molar-refractivity contribution in [2.24, 2.45) is 5.73 Å². The normalized spacial score (nSPS) is 18.4. The summed E-state index contributed by atoms with van der Waals surface area (Å²) in [4.78, 5) is 14.9. The highest BCUT2D eigenvalue weighted by Crippen LogP contribution is 2.20. The Kier molecular flexibility index (Phi) is 8.23. The summed E-state index contributed by atoms with van der Waals surface area (Å²) >= 11 is 0. The predicted octanol–water partition coefficient (Wildman–Crippen LogP) is 3.42. The topological polar surface area (TPSA) is 58.4 Å². The molecule has 27 heavy (non-hydrogen) atoms. The standard InChI is InChI=1S/C21H26FN3O.ClH/c22-18-11-9-16(10-12-18)15-25-13-5-4-8-20(25)21(26)24-14-19(23)17-6-2-1-3-7-17;/h1-3,6-7,9-12,19-20H,4-5,8,13-15,23H2,(H,24,26);1H. The minimum Gasteiger partial charge on any atom is -0.353 e. The first-order valence-corrected chi connectivity index (χ1v) is 9.20. The summed E-state index contributed by atoms with van der Waals surface area (Å²) in [6.07, 6.45) is 2.96. The molecule has 0 radical (unpaired) electrons. The highest BCUT2D eigenvalue weighted by atomic mass is 35.5. The summed E-state index contributed by atoms with van der Waals surface area (Å²) in [7, 11) is 0. The molecule has 0 bridgehead atoms. The molecule has 0 saturated carbocycles. The molecule has 4 nitrogen and oxygen atoms in total. The van der Waals surface area contributed by atoms with Crippen LogP contribution in [0.25, 0.3) is 0 Å². The van der Waals surface area contributed by atoms with E-state index < -0.39 is 0 Å². The van der Waals surface area contributed by atoms with Gasteiger partial charge < -0.3 is 11.1 Å². The largest absolute Gasteiger partial charge is 0.353 e. The van der Waals surface area contributed by atoms with Gasteiger partial charge in [-0.3, -0.25) is 9.69 Å². The molecular weight excluding hydrogens is 365 g/mol. The quantitative estimate of drug-likeness (QED) is 0.793. The van der Waals surface area contributed by atoms with Crippen LogP contribution in [0.2, 0.25) is 0 Å². The van der Waals surface area contributed by atoms with Gasteiger partial charge in [0.1, 0.15) is 5.82 Å². The van der Waals surface area contributed by atoms with E-state index in [2.05, 4.69) is 10.2 Å². The second-order valence-corrected chi connectivity index (χ2v) is 6.87. The van der Waals surface area contributed by atoms with Crippen molar-refractivity contribution >= 4 is 18.3 Å². The molecule has 6 heteroatoms. The number of amides is 1. The Balaban J connectivity index is 0.00000261. The first-order valence-electron chi connectivity index (χ1n) is 9.20. The minimum atomic E-state index is -0.239. The summed E-state index contributed by atoms with van der Waals surface area (Å²) in [5, 5.41) is 3.01. The van der Waals surface area contributed by atoms with E-state index in [-0.39, 0.29) is 36.2 Å².